The monoisotopic (exact) mass is 338 g/mol. The zero-order chi connectivity index (χ0) is 17.1. The van der Waals surface area contributed by atoms with Gasteiger partial charge in [-0.2, -0.15) is 0 Å². The van der Waals surface area contributed by atoms with E-state index in [1.807, 2.05) is 55.5 Å². The van der Waals surface area contributed by atoms with Crippen molar-refractivity contribution in [3.8, 4) is 11.3 Å². The first kappa shape index (κ1) is 16.3. The summed E-state index contributed by atoms with van der Waals surface area (Å²) < 4.78 is 2.15. The minimum Gasteiger partial charge on any atom is -0.366 e. The zero-order valence-electron chi connectivity index (χ0n) is 13.5. The van der Waals surface area contributed by atoms with Gasteiger partial charge in [0.2, 0.25) is 0 Å². The highest BCUT2D eigenvalue weighted by Crippen LogP contribution is 2.27. The van der Waals surface area contributed by atoms with Gasteiger partial charge in [0.25, 0.3) is 5.91 Å². The number of hydrogen-bond donors (Lipinski definition) is 1. The molecule has 2 aromatic carbocycles. The number of carbonyl (C=O) groups is 1. The van der Waals surface area contributed by atoms with Crippen molar-refractivity contribution in [2.75, 3.05) is 0 Å². The van der Waals surface area contributed by atoms with E-state index < -0.39 is 5.91 Å². The Morgan fingerprint density at radius 3 is 2.38 bits per heavy atom. The second kappa shape index (κ2) is 6.93. The van der Waals surface area contributed by atoms with Gasteiger partial charge < -0.3 is 10.3 Å². The number of primary amides is 1. The van der Waals surface area contributed by atoms with Crippen molar-refractivity contribution in [1.82, 2.24) is 4.57 Å². The van der Waals surface area contributed by atoms with Gasteiger partial charge >= 0.3 is 0 Å². The lowest BCUT2D eigenvalue weighted by atomic mass is 10.1. The van der Waals surface area contributed by atoms with Crippen molar-refractivity contribution in [2.45, 2.75) is 19.9 Å². The molecule has 3 aromatic rings. The molecule has 0 radical (unpaired) electrons. The Balaban J connectivity index is 1.99. The smallest absolute Gasteiger partial charge is 0.250 e. The van der Waals surface area contributed by atoms with Crippen molar-refractivity contribution in [1.29, 1.82) is 0 Å². The Kier molecular flexibility index (Phi) is 4.72. The maximum Gasteiger partial charge on any atom is 0.250 e. The van der Waals surface area contributed by atoms with Gasteiger partial charge in [0, 0.05) is 23.0 Å². The molecule has 0 aliphatic rings. The van der Waals surface area contributed by atoms with Crippen LogP contribution in [0.25, 0.3) is 11.3 Å². The lowest BCUT2D eigenvalue weighted by molar-refractivity contribution is 0.0999. The molecule has 24 heavy (non-hydrogen) atoms. The number of aryl methyl sites for hydroxylation is 1. The van der Waals surface area contributed by atoms with Gasteiger partial charge in [0.1, 0.15) is 0 Å². The molecule has 0 aliphatic heterocycles. The standard InChI is InChI=1S/C20H19ClN2O/c1-14-18(20(22)24)13-19(16-7-9-17(21)10-8-16)23(14)12-11-15-5-3-2-4-6-15/h2-10,13H,11-12H2,1H3,(H2,22,24). The van der Waals surface area contributed by atoms with E-state index in [-0.39, 0.29) is 0 Å². The SMILES string of the molecule is Cc1c(C(N)=O)cc(-c2ccc(Cl)cc2)n1CCc1ccccc1. The van der Waals surface area contributed by atoms with Gasteiger partial charge in [-0.25, -0.2) is 0 Å². The summed E-state index contributed by atoms with van der Waals surface area (Å²) in [7, 11) is 0. The summed E-state index contributed by atoms with van der Waals surface area (Å²) in [4.78, 5) is 11.7. The predicted molar refractivity (Wildman–Crippen MR) is 98.3 cm³/mol. The third-order valence-electron chi connectivity index (χ3n) is 4.24. The van der Waals surface area contributed by atoms with Crippen LogP contribution >= 0.6 is 11.6 Å². The van der Waals surface area contributed by atoms with Crippen molar-refractivity contribution < 1.29 is 4.79 Å². The van der Waals surface area contributed by atoms with Crippen LogP contribution in [0.15, 0.2) is 60.7 Å². The van der Waals surface area contributed by atoms with Gasteiger partial charge in [-0.05, 0) is 42.7 Å². The fourth-order valence-corrected chi connectivity index (χ4v) is 3.05. The third-order valence-corrected chi connectivity index (χ3v) is 4.49. The fourth-order valence-electron chi connectivity index (χ4n) is 2.93. The second-order valence-electron chi connectivity index (χ2n) is 5.79. The van der Waals surface area contributed by atoms with Crippen LogP contribution in [0.1, 0.15) is 21.6 Å². The number of halogens is 1. The third kappa shape index (κ3) is 3.36. The molecule has 0 unspecified atom stereocenters. The van der Waals surface area contributed by atoms with Gasteiger partial charge in [-0.1, -0.05) is 54.1 Å². The molecular weight excluding hydrogens is 320 g/mol. The number of hydrogen-bond acceptors (Lipinski definition) is 1. The van der Waals surface area contributed by atoms with Crippen molar-refractivity contribution in [2.24, 2.45) is 5.73 Å². The molecule has 0 saturated carbocycles. The normalized spacial score (nSPS) is 10.8. The number of carbonyl (C=O) groups excluding carboxylic acids is 1. The van der Waals surface area contributed by atoms with E-state index in [9.17, 15) is 4.79 Å². The average Bonchev–Trinajstić information content (AvgIpc) is 2.91. The Hall–Kier alpha value is -2.52. The number of benzene rings is 2. The summed E-state index contributed by atoms with van der Waals surface area (Å²) in [6.07, 6.45) is 0.884. The molecule has 0 aliphatic carbocycles. The number of nitrogens with two attached hydrogens (primary N) is 1. The Bertz CT molecular complexity index is 851. The molecule has 0 fully saturated rings. The van der Waals surface area contributed by atoms with Gasteiger partial charge in [0.15, 0.2) is 0 Å². The molecule has 2 N–H and O–H groups in total. The predicted octanol–water partition coefficient (Wildman–Crippen LogP) is 4.46. The average molecular weight is 339 g/mol. The van der Waals surface area contributed by atoms with Crippen molar-refractivity contribution >= 4 is 17.5 Å². The number of rotatable bonds is 5. The highest BCUT2D eigenvalue weighted by molar-refractivity contribution is 6.30. The Morgan fingerprint density at radius 1 is 1.08 bits per heavy atom. The van der Waals surface area contributed by atoms with Gasteiger partial charge in [-0.3, -0.25) is 4.79 Å². The molecule has 3 rings (SSSR count). The maximum absolute atomic E-state index is 11.7. The minimum absolute atomic E-state index is 0.402. The van der Waals surface area contributed by atoms with Crippen LogP contribution < -0.4 is 5.73 Å². The summed E-state index contributed by atoms with van der Waals surface area (Å²) in [6, 6.07) is 19.8. The highest BCUT2D eigenvalue weighted by Gasteiger charge is 2.16. The van der Waals surface area contributed by atoms with E-state index >= 15 is 0 Å². The zero-order valence-corrected chi connectivity index (χ0v) is 14.3. The van der Waals surface area contributed by atoms with E-state index in [4.69, 9.17) is 17.3 Å². The molecule has 122 valence electrons. The summed E-state index contributed by atoms with van der Waals surface area (Å²) in [5.41, 5.74) is 10.2. The molecule has 3 nitrogen and oxygen atoms in total. The Labute approximate surface area is 146 Å². The molecule has 0 spiro atoms. The van der Waals surface area contributed by atoms with E-state index in [2.05, 4.69) is 16.7 Å². The minimum atomic E-state index is -0.402. The van der Waals surface area contributed by atoms with Crippen LogP contribution in [0.2, 0.25) is 5.02 Å². The molecule has 1 amide bonds. The van der Waals surface area contributed by atoms with E-state index in [0.29, 0.717) is 10.6 Å². The van der Waals surface area contributed by atoms with Crippen LogP contribution in [0.3, 0.4) is 0 Å². The first-order valence-electron chi connectivity index (χ1n) is 7.86. The summed E-state index contributed by atoms with van der Waals surface area (Å²) >= 11 is 5.99. The number of nitrogens with zero attached hydrogens (tertiary/aromatic N) is 1. The Morgan fingerprint density at radius 2 is 1.75 bits per heavy atom. The topological polar surface area (TPSA) is 48.0 Å². The lowest BCUT2D eigenvalue weighted by Crippen LogP contribution is -2.13. The fraction of sp³-hybridized carbons (Fsp3) is 0.150. The van der Waals surface area contributed by atoms with Crippen LogP contribution in [0.4, 0.5) is 0 Å². The summed E-state index contributed by atoms with van der Waals surface area (Å²) in [5.74, 6) is -0.402. The molecule has 0 bridgehead atoms. The first-order valence-corrected chi connectivity index (χ1v) is 8.24. The molecular formula is C20H19ClN2O. The summed E-state index contributed by atoms with van der Waals surface area (Å²) in [5, 5.41) is 0.688. The van der Waals surface area contributed by atoms with Crippen molar-refractivity contribution in [3.05, 3.63) is 82.5 Å². The van der Waals surface area contributed by atoms with Crippen molar-refractivity contribution in [3.63, 3.8) is 0 Å². The van der Waals surface area contributed by atoms with E-state index in [1.165, 1.54) is 5.56 Å². The van der Waals surface area contributed by atoms with E-state index in [0.717, 1.165) is 29.9 Å². The lowest BCUT2D eigenvalue weighted by Gasteiger charge is -2.12. The summed E-state index contributed by atoms with van der Waals surface area (Å²) in [6.45, 7) is 2.71. The molecule has 4 heteroatoms. The van der Waals surface area contributed by atoms with Gasteiger partial charge in [-0.15, -0.1) is 0 Å². The molecule has 0 atom stereocenters. The number of aromatic nitrogens is 1. The highest BCUT2D eigenvalue weighted by atomic mass is 35.5. The number of amides is 1. The van der Waals surface area contributed by atoms with E-state index in [1.54, 1.807) is 0 Å². The van der Waals surface area contributed by atoms with Crippen LogP contribution in [0.5, 0.6) is 0 Å². The molecule has 1 aromatic heterocycles. The molecule has 1 heterocycles. The molecule has 0 saturated heterocycles. The quantitative estimate of drug-likeness (QED) is 0.733. The second-order valence-corrected chi connectivity index (χ2v) is 6.22. The maximum atomic E-state index is 11.7. The first-order chi connectivity index (χ1) is 11.6. The largest absolute Gasteiger partial charge is 0.366 e. The van der Waals surface area contributed by atoms with Gasteiger partial charge in [0.05, 0.1) is 5.56 Å². The van der Waals surface area contributed by atoms with Crippen LogP contribution in [-0.2, 0) is 13.0 Å². The van der Waals surface area contributed by atoms with Crippen LogP contribution in [-0.4, -0.2) is 10.5 Å². The van der Waals surface area contributed by atoms with Crippen LogP contribution in [0, 0.1) is 6.92 Å².